The van der Waals surface area contributed by atoms with E-state index in [1.54, 1.807) is 24.3 Å². The summed E-state index contributed by atoms with van der Waals surface area (Å²) < 4.78 is 5.11. The topological polar surface area (TPSA) is 96.5 Å². The van der Waals surface area contributed by atoms with Gasteiger partial charge in [-0.2, -0.15) is 0 Å². The third-order valence-electron chi connectivity index (χ3n) is 4.02. The van der Waals surface area contributed by atoms with Gasteiger partial charge in [0.15, 0.2) is 0 Å². The highest BCUT2D eigenvalue weighted by Crippen LogP contribution is 2.08. The number of rotatable bonds is 6. The standard InChI is InChI=1S/C19H19N3O4/c23-17(14-9-5-2-6-10-14)20-11-15-16(18(24)21-15)22-19(25)26-12-13-7-3-1-4-8-13/h1-10,15-16H,11-12H2,(H,20,23)(H,21,24)(H,22,25)/t15-,16+/m0/s1. The molecule has 7 heteroatoms. The number of benzene rings is 2. The van der Waals surface area contributed by atoms with Crippen LogP contribution in [0.3, 0.4) is 0 Å². The van der Waals surface area contributed by atoms with E-state index in [1.165, 1.54) is 0 Å². The molecule has 0 aliphatic carbocycles. The Hall–Kier alpha value is -3.35. The molecule has 1 aliphatic heterocycles. The molecule has 2 aromatic carbocycles. The molecule has 1 heterocycles. The second-order valence-electron chi connectivity index (χ2n) is 5.87. The Balaban J connectivity index is 1.44. The number of alkyl carbamates (subject to hydrolysis) is 1. The van der Waals surface area contributed by atoms with Gasteiger partial charge >= 0.3 is 6.09 Å². The number of hydrogen-bond donors (Lipinski definition) is 3. The maximum absolute atomic E-state index is 12.0. The number of carbonyl (C=O) groups excluding carboxylic acids is 3. The van der Waals surface area contributed by atoms with Crippen LogP contribution < -0.4 is 16.0 Å². The molecule has 1 aliphatic rings. The highest BCUT2D eigenvalue weighted by Gasteiger charge is 2.40. The zero-order chi connectivity index (χ0) is 18.4. The summed E-state index contributed by atoms with van der Waals surface area (Å²) >= 11 is 0. The molecule has 0 bridgehead atoms. The Morgan fingerprint density at radius 2 is 1.65 bits per heavy atom. The predicted molar refractivity (Wildman–Crippen MR) is 94.3 cm³/mol. The fourth-order valence-corrected chi connectivity index (χ4v) is 2.56. The lowest BCUT2D eigenvalue weighted by Crippen LogP contribution is -2.71. The molecule has 7 nitrogen and oxygen atoms in total. The van der Waals surface area contributed by atoms with Crippen LogP contribution in [0.5, 0.6) is 0 Å². The lowest BCUT2D eigenvalue weighted by molar-refractivity contribution is -0.131. The molecule has 134 valence electrons. The van der Waals surface area contributed by atoms with E-state index in [2.05, 4.69) is 16.0 Å². The SMILES string of the molecule is O=C(N[C@H]1C(=O)N[C@H]1CNC(=O)c1ccccc1)OCc1ccccc1. The summed E-state index contributed by atoms with van der Waals surface area (Å²) in [4.78, 5) is 35.6. The fraction of sp³-hybridized carbons (Fsp3) is 0.211. The van der Waals surface area contributed by atoms with Crippen molar-refractivity contribution >= 4 is 17.9 Å². The van der Waals surface area contributed by atoms with E-state index < -0.39 is 12.1 Å². The first-order chi connectivity index (χ1) is 12.6. The average molecular weight is 353 g/mol. The molecule has 26 heavy (non-hydrogen) atoms. The van der Waals surface area contributed by atoms with Crippen LogP contribution in [0.15, 0.2) is 60.7 Å². The van der Waals surface area contributed by atoms with Crippen LogP contribution in [0.25, 0.3) is 0 Å². The van der Waals surface area contributed by atoms with Crippen molar-refractivity contribution in [2.75, 3.05) is 6.54 Å². The van der Waals surface area contributed by atoms with Crippen molar-refractivity contribution < 1.29 is 19.1 Å². The summed E-state index contributed by atoms with van der Waals surface area (Å²) in [7, 11) is 0. The fourth-order valence-electron chi connectivity index (χ4n) is 2.56. The zero-order valence-corrected chi connectivity index (χ0v) is 14.0. The molecule has 2 atom stereocenters. The number of carbonyl (C=O) groups is 3. The molecule has 2 aromatic rings. The summed E-state index contributed by atoms with van der Waals surface area (Å²) in [6, 6.07) is 16.9. The Labute approximate surface area is 150 Å². The Morgan fingerprint density at radius 3 is 2.31 bits per heavy atom. The van der Waals surface area contributed by atoms with Gasteiger partial charge in [0.2, 0.25) is 5.91 Å². The average Bonchev–Trinajstić information content (AvgIpc) is 2.69. The lowest BCUT2D eigenvalue weighted by atomic mass is 9.99. The second-order valence-corrected chi connectivity index (χ2v) is 5.87. The minimum atomic E-state index is -0.727. The van der Waals surface area contributed by atoms with Gasteiger partial charge in [-0.1, -0.05) is 48.5 Å². The van der Waals surface area contributed by atoms with Gasteiger partial charge in [0.25, 0.3) is 5.91 Å². The molecular formula is C19H19N3O4. The van der Waals surface area contributed by atoms with Gasteiger partial charge in [0.05, 0.1) is 6.04 Å². The number of nitrogens with one attached hydrogen (secondary N) is 3. The van der Waals surface area contributed by atoms with Crippen LogP contribution in [0.4, 0.5) is 4.79 Å². The van der Waals surface area contributed by atoms with E-state index in [0.29, 0.717) is 5.56 Å². The minimum Gasteiger partial charge on any atom is -0.445 e. The molecule has 0 unspecified atom stereocenters. The van der Waals surface area contributed by atoms with E-state index in [9.17, 15) is 14.4 Å². The molecule has 3 rings (SSSR count). The quantitative estimate of drug-likeness (QED) is 0.680. The van der Waals surface area contributed by atoms with Gasteiger partial charge in [0, 0.05) is 12.1 Å². The summed E-state index contributed by atoms with van der Waals surface area (Å²) in [5, 5.41) is 7.92. The molecular weight excluding hydrogens is 334 g/mol. The summed E-state index contributed by atoms with van der Waals surface area (Å²) in [6.07, 6.45) is -0.673. The zero-order valence-electron chi connectivity index (χ0n) is 14.0. The first-order valence-electron chi connectivity index (χ1n) is 8.24. The lowest BCUT2D eigenvalue weighted by Gasteiger charge is -2.36. The summed E-state index contributed by atoms with van der Waals surface area (Å²) in [5.74, 6) is -0.544. The van der Waals surface area contributed by atoms with Crippen molar-refractivity contribution in [1.82, 2.24) is 16.0 Å². The van der Waals surface area contributed by atoms with Crippen LogP contribution >= 0.6 is 0 Å². The summed E-state index contributed by atoms with van der Waals surface area (Å²) in [5.41, 5.74) is 1.39. The van der Waals surface area contributed by atoms with Gasteiger partial charge in [-0.15, -0.1) is 0 Å². The van der Waals surface area contributed by atoms with Crippen molar-refractivity contribution in [3.8, 4) is 0 Å². The van der Waals surface area contributed by atoms with Gasteiger partial charge in [0.1, 0.15) is 12.6 Å². The van der Waals surface area contributed by atoms with Crippen LogP contribution in [0.1, 0.15) is 15.9 Å². The van der Waals surface area contributed by atoms with Gasteiger partial charge in [-0.05, 0) is 17.7 Å². The highest BCUT2D eigenvalue weighted by molar-refractivity contribution is 5.95. The number of ether oxygens (including phenoxy) is 1. The first-order valence-corrected chi connectivity index (χ1v) is 8.24. The first kappa shape index (κ1) is 17.5. The van der Waals surface area contributed by atoms with Gasteiger partial charge < -0.3 is 20.7 Å². The Bertz CT molecular complexity index is 780. The van der Waals surface area contributed by atoms with Crippen molar-refractivity contribution in [3.05, 3.63) is 71.8 Å². The third-order valence-corrected chi connectivity index (χ3v) is 4.02. The maximum atomic E-state index is 12.0. The van der Waals surface area contributed by atoms with Crippen molar-refractivity contribution in [2.24, 2.45) is 0 Å². The largest absolute Gasteiger partial charge is 0.445 e. The molecule has 3 amide bonds. The normalized spacial score (nSPS) is 18.2. The molecule has 0 spiro atoms. The van der Waals surface area contributed by atoms with Crippen molar-refractivity contribution in [2.45, 2.75) is 18.7 Å². The minimum absolute atomic E-state index is 0.121. The highest BCUT2D eigenvalue weighted by atomic mass is 16.5. The van der Waals surface area contributed by atoms with Crippen molar-refractivity contribution in [3.63, 3.8) is 0 Å². The van der Waals surface area contributed by atoms with Crippen LogP contribution in [-0.2, 0) is 16.1 Å². The van der Waals surface area contributed by atoms with E-state index >= 15 is 0 Å². The van der Waals surface area contributed by atoms with Crippen LogP contribution in [0, 0.1) is 0 Å². The van der Waals surface area contributed by atoms with Crippen LogP contribution in [-0.4, -0.2) is 36.5 Å². The smallest absolute Gasteiger partial charge is 0.408 e. The van der Waals surface area contributed by atoms with E-state index in [4.69, 9.17) is 4.74 Å². The molecule has 1 saturated heterocycles. The molecule has 0 radical (unpaired) electrons. The Morgan fingerprint density at radius 1 is 1.00 bits per heavy atom. The second kappa shape index (κ2) is 8.15. The third kappa shape index (κ3) is 4.38. The van der Waals surface area contributed by atoms with E-state index in [1.807, 2.05) is 36.4 Å². The van der Waals surface area contributed by atoms with Crippen LogP contribution in [0.2, 0.25) is 0 Å². The molecule has 0 aromatic heterocycles. The number of amides is 3. The molecule has 1 fully saturated rings. The number of β-lactam (4-membered cyclic amide) rings is 1. The predicted octanol–water partition coefficient (Wildman–Crippen LogP) is 1.21. The summed E-state index contributed by atoms with van der Waals surface area (Å²) in [6.45, 7) is 0.333. The Kier molecular flexibility index (Phi) is 5.48. The van der Waals surface area contributed by atoms with Gasteiger partial charge in [-0.25, -0.2) is 4.79 Å². The van der Waals surface area contributed by atoms with E-state index in [-0.39, 0.29) is 31.0 Å². The van der Waals surface area contributed by atoms with Gasteiger partial charge in [-0.3, -0.25) is 9.59 Å². The van der Waals surface area contributed by atoms with Crippen molar-refractivity contribution in [1.29, 1.82) is 0 Å². The molecule has 3 N–H and O–H groups in total. The molecule has 0 saturated carbocycles. The van der Waals surface area contributed by atoms with E-state index in [0.717, 1.165) is 5.56 Å². The number of hydrogen-bond acceptors (Lipinski definition) is 4. The maximum Gasteiger partial charge on any atom is 0.408 e. The monoisotopic (exact) mass is 353 g/mol.